The molecule has 2 unspecified atom stereocenters. The molecular formula is C15H17BrN2OS. The second-order valence-electron chi connectivity index (χ2n) is 5.15. The second kappa shape index (κ2) is 5.84. The molecule has 3 rings (SSSR count). The smallest absolute Gasteiger partial charge is 0.123 e. The molecule has 1 aromatic heterocycles. The number of aromatic nitrogens is 1. The maximum atomic E-state index is 5.95. The SMILES string of the molecule is Cc1csc(C(C)NCC2Cc3cc(Br)ccc3O2)n1. The van der Waals surface area contributed by atoms with Crippen molar-refractivity contribution in [3.8, 4) is 5.75 Å². The van der Waals surface area contributed by atoms with Gasteiger partial charge in [-0.1, -0.05) is 15.9 Å². The van der Waals surface area contributed by atoms with Gasteiger partial charge in [-0.15, -0.1) is 11.3 Å². The van der Waals surface area contributed by atoms with Crippen LogP contribution < -0.4 is 10.1 Å². The third-order valence-electron chi connectivity index (χ3n) is 3.42. The van der Waals surface area contributed by atoms with Crippen LogP contribution in [-0.4, -0.2) is 17.6 Å². The van der Waals surface area contributed by atoms with E-state index >= 15 is 0 Å². The molecule has 0 amide bonds. The quantitative estimate of drug-likeness (QED) is 0.906. The average molecular weight is 353 g/mol. The van der Waals surface area contributed by atoms with Crippen molar-refractivity contribution in [2.75, 3.05) is 6.54 Å². The molecular weight excluding hydrogens is 336 g/mol. The standard InChI is InChI=1S/C15H17BrN2OS/c1-9-8-20-15(18-9)10(2)17-7-13-6-11-5-12(16)3-4-14(11)19-13/h3-5,8,10,13,17H,6-7H2,1-2H3. The van der Waals surface area contributed by atoms with E-state index in [4.69, 9.17) is 4.74 Å². The minimum atomic E-state index is 0.211. The lowest BCUT2D eigenvalue weighted by atomic mass is 10.1. The molecule has 0 saturated heterocycles. The summed E-state index contributed by atoms with van der Waals surface area (Å²) in [5.41, 5.74) is 2.37. The maximum absolute atomic E-state index is 5.95. The third kappa shape index (κ3) is 3.05. The van der Waals surface area contributed by atoms with Gasteiger partial charge in [0.15, 0.2) is 0 Å². The highest BCUT2D eigenvalue weighted by Gasteiger charge is 2.23. The Balaban J connectivity index is 1.56. The molecule has 5 heteroatoms. The van der Waals surface area contributed by atoms with E-state index in [9.17, 15) is 0 Å². The van der Waals surface area contributed by atoms with E-state index in [2.05, 4.69) is 44.6 Å². The average Bonchev–Trinajstić information content (AvgIpc) is 3.01. The molecule has 2 atom stereocenters. The van der Waals surface area contributed by atoms with Gasteiger partial charge in [0.1, 0.15) is 16.9 Å². The van der Waals surface area contributed by atoms with E-state index in [1.165, 1.54) is 5.56 Å². The normalized spacial score (nSPS) is 18.6. The van der Waals surface area contributed by atoms with E-state index in [0.717, 1.165) is 33.9 Å². The van der Waals surface area contributed by atoms with Gasteiger partial charge >= 0.3 is 0 Å². The summed E-state index contributed by atoms with van der Waals surface area (Å²) < 4.78 is 7.06. The number of nitrogens with one attached hydrogen (secondary N) is 1. The van der Waals surface area contributed by atoms with Crippen molar-refractivity contribution in [3.05, 3.63) is 44.3 Å². The molecule has 20 heavy (non-hydrogen) atoms. The molecule has 1 N–H and O–H groups in total. The summed E-state index contributed by atoms with van der Waals surface area (Å²) in [6, 6.07) is 6.47. The highest BCUT2D eigenvalue weighted by Crippen LogP contribution is 2.31. The van der Waals surface area contributed by atoms with E-state index in [-0.39, 0.29) is 12.1 Å². The van der Waals surface area contributed by atoms with Crippen LogP contribution in [0.4, 0.5) is 0 Å². The van der Waals surface area contributed by atoms with Crippen LogP contribution in [0.1, 0.15) is 29.2 Å². The number of ether oxygens (including phenoxy) is 1. The highest BCUT2D eigenvalue weighted by molar-refractivity contribution is 9.10. The zero-order valence-electron chi connectivity index (χ0n) is 11.5. The summed E-state index contributed by atoms with van der Waals surface area (Å²) in [5.74, 6) is 1.01. The summed E-state index contributed by atoms with van der Waals surface area (Å²) in [6.07, 6.45) is 1.17. The van der Waals surface area contributed by atoms with E-state index in [0.29, 0.717) is 0 Å². The van der Waals surface area contributed by atoms with Crippen LogP contribution in [0.15, 0.2) is 28.1 Å². The van der Waals surface area contributed by atoms with E-state index in [1.807, 2.05) is 19.1 Å². The van der Waals surface area contributed by atoms with E-state index < -0.39 is 0 Å². The van der Waals surface area contributed by atoms with Crippen LogP contribution in [0.5, 0.6) is 5.75 Å². The first-order valence-electron chi connectivity index (χ1n) is 6.72. The Kier molecular flexibility index (Phi) is 4.10. The van der Waals surface area contributed by atoms with Crippen molar-refractivity contribution in [1.82, 2.24) is 10.3 Å². The molecule has 0 aliphatic carbocycles. The minimum absolute atomic E-state index is 0.211. The Labute approximate surface area is 131 Å². The van der Waals surface area contributed by atoms with Crippen molar-refractivity contribution in [1.29, 1.82) is 0 Å². The van der Waals surface area contributed by atoms with Gasteiger partial charge in [0.25, 0.3) is 0 Å². The molecule has 0 bridgehead atoms. The Morgan fingerprint density at radius 3 is 3.15 bits per heavy atom. The molecule has 106 valence electrons. The Bertz CT molecular complexity index is 614. The predicted molar refractivity (Wildman–Crippen MR) is 85.5 cm³/mol. The number of rotatable bonds is 4. The van der Waals surface area contributed by atoms with Crippen LogP contribution in [0, 0.1) is 6.92 Å². The largest absolute Gasteiger partial charge is 0.488 e. The van der Waals surface area contributed by atoms with Crippen molar-refractivity contribution in [3.63, 3.8) is 0 Å². The lowest BCUT2D eigenvalue weighted by molar-refractivity contribution is 0.222. The first-order valence-corrected chi connectivity index (χ1v) is 8.39. The van der Waals surface area contributed by atoms with Crippen LogP contribution >= 0.6 is 27.3 Å². The number of aryl methyl sites for hydroxylation is 1. The monoisotopic (exact) mass is 352 g/mol. The van der Waals surface area contributed by atoms with Crippen molar-refractivity contribution >= 4 is 27.3 Å². The van der Waals surface area contributed by atoms with Crippen molar-refractivity contribution < 1.29 is 4.74 Å². The number of benzene rings is 1. The van der Waals surface area contributed by atoms with E-state index in [1.54, 1.807) is 11.3 Å². The molecule has 0 spiro atoms. The molecule has 0 radical (unpaired) electrons. The molecule has 3 nitrogen and oxygen atoms in total. The van der Waals surface area contributed by atoms with Gasteiger partial charge in [0.05, 0.1) is 6.04 Å². The Morgan fingerprint density at radius 1 is 1.55 bits per heavy atom. The fraction of sp³-hybridized carbons (Fsp3) is 0.400. The van der Waals surface area contributed by atoms with Gasteiger partial charge in [-0.3, -0.25) is 0 Å². The molecule has 0 saturated carbocycles. The van der Waals surface area contributed by atoms with Gasteiger partial charge in [-0.05, 0) is 37.6 Å². The van der Waals surface area contributed by atoms with Crippen molar-refractivity contribution in [2.45, 2.75) is 32.4 Å². The third-order valence-corrected chi connectivity index (χ3v) is 5.06. The number of halogens is 1. The molecule has 2 heterocycles. The van der Waals surface area contributed by atoms with Crippen molar-refractivity contribution in [2.24, 2.45) is 0 Å². The number of hydrogen-bond acceptors (Lipinski definition) is 4. The molecule has 0 fully saturated rings. The van der Waals surface area contributed by atoms with Crippen LogP contribution in [-0.2, 0) is 6.42 Å². The summed E-state index contributed by atoms with van der Waals surface area (Å²) in [6.45, 7) is 5.02. The fourth-order valence-electron chi connectivity index (χ4n) is 2.37. The molecule has 2 aromatic rings. The van der Waals surface area contributed by atoms with Gasteiger partial charge in [-0.2, -0.15) is 0 Å². The van der Waals surface area contributed by atoms with Gasteiger partial charge in [0, 0.05) is 28.5 Å². The van der Waals surface area contributed by atoms with Crippen LogP contribution in [0.3, 0.4) is 0 Å². The molecule has 1 aliphatic heterocycles. The Morgan fingerprint density at radius 2 is 2.40 bits per heavy atom. The number of nitrogens with zero attached hydrogens (tertiary/aromatic N) is 1. The topological polar surface area (TPSA) is 34.1 Å². The van der Waals surface area contributed by atoms with Gasteiger partial charge in [-0.25, -0.2) is 4.98 Å². The number of thiazole rings is 1. The Hall–Kier alpha value is -0.910. The first-order chi connectivity index (χ1) is 9.61. The zero-order valence-corrected chi connectivity index (χ0v) is 13.9. The number of hydrogen-bond donors (Lipinski definition) is 1. The van der Waals surface area contributed by atoms with Crippen LogP contribution in [0.2, 0.25) is 0 Å². The predicted octanol–water partition coefficient (Wildman–Crippen LogP) is 3.87. The fourth-order valence-corrected chi connectivity index (χ4v) is 3.61. The lowest BCUT2D eigenvalue weighted by Crippen LogP contribution is -2.31. The lowest BCUT2D eigenvalue weighted by Gasteiger charge is -2.15. The van der Waals surface area contributed by atoms with Gasteiger partial charge < -0.3 is 10.1 Å². The molecule has 1 aliphatic rings. The van der Waals surface area contributed by atoms with Gasteiger partial charge in [0.2, 0.25) is 0 Å². The minimum Gasteiger partial charge on any atom is -0.488 e. The highest BCUT2D eigenvalue weighted by atomic mass is 79.9. The first kappa shape index (κ1) is 14.0. The summed E-state index contributed by atoms with van der Waals surface area (Å²) in [7, 11) is 0. The zero-order chi connectivity index (χ0) is 14.1. The summed E-state index contributed by atoms with van der Waals surface area (Å²) in [4.78, 5) is 4.52. The number of fused-ring (bicyclic) bond motifs is 1. The maximum Gasteiger partial charge on any atom is 0.123 e. The summed E-state index contributed by atoms with van der Waals surface area (Å²) in [5, 5.41) is 6.74. The summed E-state index contributed by atoms with van der Waals surface area (Å²) >= 11 is 5.21. The molecule has 1 aromatic carbocycles. The van der Waals surface area contributed by atoms with Crippen LogP contribution in [0.25, 0.3) is 0 Å². The second-order valence-corrected chi connectivity index (χ2v) is 6.96.